The zero-order valence-corrected chi connectivity index (χ0v) is 15.0. The minimum absolute atomic E-state index is 0.0591. The molecule has 0 radical (unpaired) electrons. The first kappa shape index (κ1) is 18.8. The number of rotatable bonds is 9. The smallest absolute Gasteiger partial charge is 0.221 e. The summed E-state index contributed by atoms with van der Waals surface area (Å²) < 4.78 is 5.26. The van der Waals surface area contributed by atoms with Gasteiger partial charge in [0, 0.05) is 50.7 Å². The summed E-state index contributed by atoms with van der Waals surface area (Å²) in [5.74, 6) is 0.777. The van der Waals surface area contributed by atoms with Gasteiger partial charge in [0.15, 0.2) is 0 Å². The third-order valence-corrected chi connectivity index (χ3v) is 4.25. The number of methoxy groups -OCH3 is 1. The quantitative estimate of drug-likeness (QED) is 0.587. The first-order valence-electron chi connectivity index (χ1n) is 8.46. The van der Waals surface area contributed by atoms with Gasteiger partial charge in [-0.2, -0.15) is 0 Å². The third kappa shape index (κ3) is 6.55. The van der Waals surface area contributed by atoms with Gasteiger partial charge in [-0.15, -0.1) is 0 Å². The Hall–Kier alpha value is -1.50. The Morgan fingerprint density at radius 3 is 2.88 bits per heavy atom. The molecule has 0 atom stereocenters. The first-order chi connectivity index (χ1) is 11.7. The van der Waals surface area contributed by atoms with Crippen LogP contribution < -0.4 is 20.7 Å². The predicted octanol–water partition coefficient (Wildman–Crippen LogP) is 1.56. The first-order valence-corrected chi connectivity index (χ1v) is 8.84. The highest BCUT2D eigenvalue weighted by atomic mass is 35.5. The standard InChI is InChI=1S/C17H27ClN4O2/c1-24-16-4-3-14(18)13-15(16)20-7-5-17(23)21-6-2-10-22-11-8-19-9-12-22/h3-4,13,19-20H,2,5-12H2,1H3,(H,21,23). The molecule has 1 aromatic carbocycles. The van der Waals surface area contributed by atoms with Crippen molar-refractivity contribution in [1.82, 2.24) is 15.5 Å². The van der Waals surface area contributed by atoms with E-state index in [4.69, 9.17) is 16.3 Å². The molecule has 1 aliphatic rings. The molecule has 1 aliphatic heterocycles. The van der Waals surface area contributed by atoms with Gasteiger partial charge in [-0.3, -0.25) is 4.79 Å². The Balaban J connectivity index is 1.58. The third-order valence-electron chi connectivity index (χ3n) is 4.01. The highest BCUT2D eigenvalue weighted by Crippen LogP contribution is 2.27. The lowest BCUT2D eigenvalue weighted by Crippen LogP contribution is -2.44. The van der Waals surface area contributed by atoms with Gasteiger partial charge in [-0.05, 0) is 31.2 Å². The lowest BCUT2D eigenvalue weighted by Gasteiger charge is -2.27. The van der Waals surface area contributed by atoms with Gasteiger partial charge in [-0.25, -0.2) is 0 Å². The number of piperazine rings is 1. The van der Waals surface area contributed by atoms with Crippen molar-refractivity contribution < 1.29 is 9.53 Å². The molecule has 1 fully saturated rings. The number of ether oxygens (including phenoxy) is 1. The number of amides is 1. The van der Waals surface area contributed by atoms with Crippen LogP contribution in [0.2, 0.25) is 5.02 Å². The maximum absolute atomic E-state index is 11.9. The number of nitrogens with zero attached hydrogens (tertiary/aromatic N) is 1. The molecule has 24 heavy (non-hydrogen) atoms. The largest absolute Gasteiger partial charge is 0.495 e. The lowest BCUT2D eigenvalue weighted by molar-refractivity contribution is -0.120. The summed E-state index contributed by atoms with van der Waals surface area (Å²) in [5.41, 5.74) is 0.802. The normalized spacial score (nSPS) is 15.1. The number of nitrogens with one attached hydrogen (secondary N) is 3. The molecular formula is C17H27ClN4O2. The maximum Gasteiger partial charge on any atom is 0.221 e. The molecule has 134 valence electrons. The molecule has 0 bridgehead atoms. The lowest BCUT2D eigenvalue weighted by atomic mass is 10.2. The van der Waals surface area contributed by atoms with E-state index >= 15 is 0 Å². The molecule has 1 saturated heterocycles. The Labute approximate surface area is 148 Å². The molecule has 0 unspecified atom stereocenters. The topological polar surface area (TPSA) is 65.6 Å². The minimum Gasteiger partial charge on any atom is -0.495 e. The van der Waals surface area contributed by atoms with E-state index in [1.807, 2.05) is 0 Å². The Morgan fingerprint density at radius 1 is 1.33 bits per heavy atom. The van der Waals surface area contributed by atoms with Crippen LogP contribution >= 0.6 is 11.6 Å². The number of carbonyl (C=O) groups excluding carboxylic acids is 1. The number of hydrogen-bond donors (Lipinski definition) is 3. The number of carbonyl (C=O) groups is 1. The molecule has 0 saturated carbocycles. The maximum atomic E-state index is 11.9. The van der Waals surface area contributed by atoms with Crippen LogP contribution in [-0.2, 0) is 4.79 Å². The van der Waals surface area contributed by atoms with Gasteiger partial charge in [0.2, 0.25) is 5.91 Å². The highest BCUT2D eigenvalue weighted by molar-refractivity contribution is 6.30. The average Bonchev–Trinajstić information content (AvgIpc) is 2.60. The van der Waals surface area contributed by atoms with Crippen LogP contribution in [0.5, 0.6) is 5.75 Å². The summed E-state index contributed by atoms with van der Waals surface area (Å²) in [5, 5.41) is 10.1. The van der Waals surface area contributed by atoms with Crippen molar-refractivity contribution in [2.45, 2.75) is 12.8 Å². The van der Waals surface area contributed by atoms with Crippen LogP contribution in [0.3, 0.4) is 0 Å². The van der Waals surface area contributed by atoms with E-state index < -0.39 is 0 Å². The second-order valence-electron chi connectivity index (χ2n) is 5.82. The second-order valence-corrected chi connectivity index (χ2v) is 6.25. The summed E-state index contributed by atoms with van der Waals surface area (Å²) in [7, 11) is 1.61. The second kappa shape index (κ2) is 10.4. The van der Waals surface area contributed by atoms with E-state index in [0.29, 0.717) is 18.0 Å². The number of anilines is 1. The number of hydrogen-bond acceptors (Lipinski definition) is 5. The van der Waals surface area contributed by atoms with Crippen LogP contribution in [0.25, 0.3) is 0 Å². The van der Waals surface area contributed by atoms with Crippen molar-refractivity contribution in [2.24, 2.45) is 0 Å². The molecule has 0 aromatic heterocycles. The van der Waals surface area contributed by atoms with Gasteiger partial charge in [0.25, 0.3) is 0 Å². The fraction of sp³-hybridized carbons (Fsp3) is 0.588. The molecule has 2 rings (SSSR count). The summed E-state index contributed by atoms with van der Waals surface area (Å²) in [4.78, 5) is 14.3. The zero-order valence-electron chi connectivity index (χ0n) is 14.2. The summed E-state index contributed by atoms with van der Waals surface area (Å²) in [6.45, 7) is 6.62. The van der Waals surface area contributed by atoms with Gasteiger partial charge < -0.3 is 25.6 Å². The molecule has 0 aliphatic carbocycles. The Bertz CT molecular complexity index is 521. The van der Waals surface area contributed by atoms with E-state index in [1.165, 1.54) is 0 Å². The minimum atomic E-state index is 0.0591. The van der Waals surface area contributed by atoms with E-state index in [9.17, 15) is 4.79 Å². The van der Waals surface area contributed by atoms with Crippen LogP contribution in [0.15, 0.2) is 18.2 Å². The Kier molecular flexibility index (Phi) is 8.15. The van der Waals surface area contributed by atoms with Crippen LogP contribution in [0, 0.1) is 0 Å². The van der Waals surface area contributed by atoms with Crippen molar-refractivity contribution in [2.75, 3.05) is 58.2 Å². The van der Waals surface area contributed by atoms with Crippen molar-refractivity contribution >= 4 is 23.2 Å². The van der Waals surface area contributed by atoms with Crippen molar-refractivity contribution in [3.8, 4) is 5.75 Å². The highest BCUT2D eigenvalue weighted by Gasteiger charge is 2.09. The molecule has 0 spiro atoms. The number of benzene rings is 1. The van der Waals surface area contributed by atoms with Gasteiger partial charge in [0.1, 0.15) is 5.75 Å². The van der Waals surface area contributed by atoms with Crippen LogP contribution in [-0.4, -0.2) is 63.7 Å². The predicted molar refractivity (Wildman–Crippen MR) is 98.0 cm³/mol. The fourth-order valence-corrected chi connectivity index (χ4v) is 2.85. The molecule has 6 nitrogen and oxygen atoms in total. The molecule has 1 heterocycles. The summed E-state index contributed by atoms with van der Waals surface area (Å²) in [6, 6.07) is 5.38. The van der Waals surface area contributed by atoms with Crippen molar-refractivity contribution in [1.29, 1.82) is 0 Å². The van der Waals surface area contributed by atoms with E-state index in [1.54, 1.807) is 25.3 Å². The fourth-order valence-electron chi connectivity index (χ4n) is 2.68. The van der Waals surface area contributed by atoms with Crippen LogP contribution in [0.4, 0.5) is 5.69 Å². The SMILES string of the molecule is COc1ccc(Cl)cc1NCCC(=O)NCCCN1CCNCC1. The van der Waals surface area contributed by atoms with Crippen molar-refractivity contribution in [3.05, 3.63) is 23.2 Å². The van der Waals surface area contributed by atoms with Gasteiger partial charge in [0.05, 0.1) is 12.8 Å². The van der Waals surface area contributed by atoms with Gasteiger partial charge in [-0.1, -0.05) is 11.6 Å². The van der Waals surface area contributed by atoms with Gasteiger partial charge >= 0.3 is 0 Å². The molecule has 3 N–H and O–H groups in total. The average molecular weight is 355 g/mol. The zero-order chi connectivity index (χ0) is 17.2. The van der Waals surface area contributed by atoms with E-state index in [0.717, 1.165) is 57.1 Å². The molecule has 1 aromatic rings. The molecule has 7 heteroatoms. The van der Waals surface area contributed by atoms with E-state index in [-0.39, 0.29) is 5.91 Å². The van der Waals surface area contributed by atoms with E-state index in [2.05, 4.69) is 20.9 Å². The summed E-state index contributed by atoms with van der Waals surface area (Å²) >= 11 is 5.98. The monoisotopic (exact) mass is 354 g/mol. The van der Waals surface area contributed by atoms with Crippen molar-refractivity contribution in [3.63, 3.8) is 0 Å². The van der Waals surface area contributed by atoms with Crippen LogP contribution in [0.1, 0.15) is 12.8 Å². The molecule has 1 amide bonds. The Morgan fingerprint density at radius 2 is 2.12 bits per heavy atom. The number of halogens is 1. The summed E-state index contributed by atoms with van der Waals surface area (Å²) in [6.07, 6.45) is 1.41. The molecular weight excluding hydrogens is 328 g/mol.